The number of anilines is 1. The molecular formula is C22H25ClN2O4S. The van der Waals surface area contributed by atoms with Gasteiger partial charge in [-0.3, -0.25) is 4.79 Å². The number of benzene rings is 2. The van der Waals surface area contributed by atoms with Crippen molar-refractivity contribution in [3.63, 3.8) is 0 Å². The normalized spacial score (nSPS) is 22.0. The van der Waals surface area contributed by atoms with Gasteiger partial charge >= 0.3 is 0 Å². The number of rotatable bonds is 4. The van der Waals surface area contributed by atoms with Gasteiger partial charge in [0.15, 0.2) is 0 Å². The van der Waals surface area contributed by atoms with Gasteiger partial charge in [0, 0.05) is 24.3 Å². The van der Waals surface area contributed by atoms with E-state index in [-0.39, 0.29) is 46.7 Å². The van der Waals surface area contributed by atoms with Crippen LogP contribution in [0.5, 0.6) is 0 Å². The minimum absolute atomic E-state index is 0.0629. The maximum absolute atomic E-state index is 13.2. The van der Waals surface area contributed by atoms with Crippen LogP contribution in [0.15, 0.2) is 41.3 Å². The van der Waals surface area contributed by atoms with Crippen LogP contribution in [0.25, 0.3) is 0 Å². The fourth-order valence-corrected chi connectivity index (χ4v) is 6.25. The van der Waals surface area contributed by atoms with Crippen LogP contribution in [0.3, 0.4) is 0 Å². The largest absolute Gasteiger partial charge is 0.373 e. The van der Waals surface area contributed by atoms with E-state index >= 15 is 0 Å². The third-order valence-corrected chi connectivity index (χ3v) is 7.87. The monoisotopic (exact) mass is 448 g/mol. The molecule has 2 aromatic carbocycles. The first-order valence-electron chi connectivity index (χ1n) is 10.1. The number of hydrogen-bond donors (Lipinski definition) is 1. The first-order chi connectivity index (χ1) is 14.2. The number of sulfonamides is 1. The molecule has 2 unspecified atom stereocenters. The van der Waals surface area contributed by atoms with Crippen molar-refractivity contribution >= 4 is 33.2 Å². The summed E-state index contributed by atoms with van der Waals surface area (Å²) < 4.78 is 33.4. The Kier molecular flexibility index (Phi) is 5.90. The lowest BCUT2D eigenvalue weighted by Crippen LogP contribution is -2.48. The molecule has 2 atom stereocenters. The molecule has 1 saturated heterocycles. The highest BCUT2D eigenvalue weighted by atomic mass is 35.5. The molecule has 1 amide bonds. The third-order valence-electron chi connectivity index (χ3n) is 5.55. The van der Waals surface area contributed by atoms with Crippen molar-refractivity contribution in [2.24, 2.45) is 0 Å². The van der Waals surface area contributed by atoms with Crippen LogP contribution in [0.1, 0.15) is 41.8 Å². The molecule has 1 heterocycles. The Hall–Kier alpha value is -1.93. The Bertz CT molecular complexity index is 1080. The molecule has 30 heavy (non-hydrogen) atoms. The second-order valence-corrected chi connectivity index (χ2v) is 10.3. The second kappa shape index (κ2) is 8.30. The van der Waals surface area contributed by atoms with Crippen molar-refractivity contribution in [3.8, 4) is 0 Å². The average Bonchev–Trinajstić information content (AvgIpc) is 3.15. The number of nitrogens with one attached hydrogen (secondary N) is 1. The number of morpholine rings is 1. The van der Waals surface area contributed by atoms with Gasteiger partial charge in [-0.1, -0.05) is 17.7 Å². The molecule has 0 spiro atoms. The van der Waals surface area contributed by atoms with Gasteiger partial charge in [-0.15, -0.1) is 0 Å². The van der Waals surface area contributed by atoms with E-state index in [1.165, 1.54) is 33.6 Å². The van der Waals surface area contributed by atoms with Crippen molar-refractivity contribution in [2.75, 3.05) is 18.4 Å². The van der Waals surface area contributed by atoms with Crippen LogP contribution < -0.4 is 5.32 Å². The van der Waals surface area contributed by atoms with Crippen LogP contribution in [-0.2, 0) is 27.6 Å². The van der Waals surface area contributed by atoms with E-state index < -0.39 is 10.0 Å². The van der Waals surface area contributed by atoms with Gasteiger partial charge in [0.25, 0.3) is 5.91 Å². The predicted octanol–water partition coefficient (Wildman–Crippen LogP) is 3.88. The lowest BCUT2D eigenvalue weighted by Gasteiger charge is -2.34. The minimum atomic E-state index is -3.85. The third kappa shape index (κ3) is 4.25. The number of fused-ring (bicyclic) bond motifs is 1. The van der Waals surface area contributed by atoms with Gasteiger partial charge in [0.2, 0.25) is 10.0 Å². The molecule has 1 aliphatic carbocycles. The smallest absolute Gasteiger partial charge is 0.255 e. The van der Waals surface area contributed by atoms with Crippen molar-refractivity contribution in [3.05, 3.63) is 58.1 Å². The van der Waals surface area contributed by atoms with Crippen LogP contribution >= 0.6 is 11.6 Å². The Morgan fingerprint density at radius 3 is 2.50 bits per heavy atom. The van der Waals surface area contributed by atoms with Gasteiger partial charge < -0.3 is 10.1 Å². The summed E-state index contributed by atoms with van der Waals surface area (Å²) in [5.41, 5.74) is 3.52. The molecule has 0 bridgehead atoms. The molecular weight excluding hydrogens is 424 g/mol. The molecule has 160 valence electrons. The Morgan fingerprint density at radius 2 is 1.77 bits per heavy atom. The number of hydrogen-bond acceptors (Lipinski definition) is 4. The molecule has 0 aromatic heterocycles. The number of amides is 1. The molecule has 0 radical (unpaired) electrons. The van der Waals surface area contributed by atoms with Crippen molar-refractivity contribution in [1.82, 2.24) is 4.31 Å². The van der Waals surface area contributed by atoms with Gasteiger partial charge in [-0.05, 0) is 74.6 Å². The van der Waals surface area contributed by atoms with E-state index in [2.05, 4.69) is 5.32 Å². The number of halogens is 1. The van der Waals surface area contributed by atoms with Crippen LogP contribution in [0.2, 0.25) is 5.02 Å². The Labute approximate surface area is 182 Å². The summed E-state index contributed by atoms with van der Waals surface area (Å²) in [4.78, 5) is 12.7. The van der Waals surface area contributed by atoms with Crippen LogP contribution in [0.4, 0.5) is 5.69 Å². The number of ether oxygens (including phenoxy) is 1. The van der Waals surface area contributed by atoms with E-state index in [0.717, 1.165) is 19.3 Å². The maximum atomic E-state index is 13.2. The summed E-state index contributed by atoms with van der Waals surface area (Å²) in [5.74, 6) is -0.371. The molecule has 1 N–H and O–H groups in total. The summed E-state index contributed by atoms with van der Waals surface area (Å²) in [7, 11) is -3.85. The summed E-state index contributed by atoms with van der Waals surface area (Å²) in [6, 6.07) is 10.3. The van der Waals surface area contributed by atoms with Crippen molar-refractivity contribution in [1.29, 1.82) is 0 Å². The molecule has 8 heteroatoms. The summed E-state index contributed by atoms with van der Waals surface area (Å²) in [6.45, 7) is 4.16. The molecule has 1 aliphatic heterocycles. The fraction of sp³-hybridized carbons (Fsp3) is 0.409. The van der Waals surface area contributed by atoms with E-state index in [1.807, 2.05) is 32.0 Å². The first-order valence-corrected chi connectivity index (χ1v) is 11.9. The van der Waals surface area contributed by atoms with Crippen LogP contribution in [0, 0.1) is 0 Å². The molecule has 4 rings (SSSR count). The highest BCUT2D eigenvalue weighted by molar-refractivity contribution is 7.89. The molecule has 2 aromatic rings. The number of carbonyl (C=O) groups is 1. The maximum Gasteiger partial charge on any atom is 0.255 e. The highest BCUT2D eigenvalue weighted by Crippen LogP contribution is 2.29. The van der Waals surface area contributed by atoms with Gasteiger partial charge in [-0.25, -0.2) is 8.42 Å². The lowest BCUT2D eigenvalue weighted by atomic mass is 10.1. The zero-order chi connectivity index (χ0) is 21.5. The average molecular weight is 449 g/mol. The van der Waals surface area contributed by atoms with Crippen molar-refractivity contribution in [2.45, 2.75) is 50.2 Å². The molecule has 1 fully saturated rings. The quantitative estimate of drug-likeness (QED) is 0.770. The van der Waals surface area contributed by atoms with E-state index in [0.29, 0.717) is 5.69 Å². The Balaban J connectivity index is 1.59. The van der Waals surface area contributed by atoms with E-state index in [1.54, 1.807) is 0 Å². The van der Waals surface area contributed by atoms with Crippen LogP contribution in [-0.4, -0.2) is 43.9 Å². The number of nitrogens with zero attached hydrogens (tertiary/aromatic N) is 1. The first kappa shape index (κ1) is 21.3. The Morgan fingerprint density at radius 1 is 1.07 bits per heavy atom. The predicted molar refractivity (Wildman–Crippen MR) is 117 cm³/mol. The van der Waals surface area contributed by atoms with E-state index in [4.69, 9.17) is 16.3 Å². The zero-order valence-electron chi connectivity index (χ0n) is 17.0. The summed E-state index contributed by atoms with van der Waals surface area (Å²) >= 11 is 6.23. The zero-order valence-corrected chi connectivity index (χ0v) is 18.6. The van der Waals surface area contributed by atoms with Gasteiger partial charge in [0.1, 0.15) is 4.90 Å². The number of carbonyl (C=O) groups excluding carboxylic acids is 1. The summed E-state index contributed by atoms with van der Waals surface area (Å²) in [6.07, 6.45) is 2.78. The minimum Gasteiger partial charge on any atom is -0.373 e. The molecule has 0 saturated carbocycles. The van der Waals surface area contributed by atoms with Crippen molar-refractivity contribution < 1.29 is 17.9 Å². The fourth-order valence-electron chi connectivity index (χ4n) is 4.16. The number of aryl methyl sites for hydroxylation is 2. The SMILES string of the molecule is CC1CN(S(=O)(=O)c2cc(C(=O)Nc3ccc4c(c3)CCC4)ccc2Cl)CC(C)O1. The van der Waals surface area contributed by atoms with Gasteiger partial charge in [0.05, 0.1) is 17.2 Å². The highest BCUT2D eigenvalue weighted by Gasteiger charge is 2.34. The molecule has 6 nitrogen and oxygen atoms in total. The van der Waals surface area contributed by atoms with Gasteiger partial charge in [-0.2, -0.15) is 4.31 Å². The standard InChI is InChI=1S/C22H25ClN2O4S/c1-14-12-25(13-15(2)29-14)30(27,28)21-11-18(7-9-20(21)23)22(26)24-19-8-6-16-4-3-5-17(16)10-19/h6-11,14-15H,3-5,12-13H2,1-2H3,(H,24,26). The van der Waals surface area contributed by atoms with E-state index in [9.17, 15) is 13.2 Å². The molecule has 2 aliphatic rings. The lowest BCUT2D eigenvalue weighted by molar-refractivity contribution is -0.0440. The second-order valence-electron chi connectivity index (χ2n) is 8.02. The summed E-state index contributed by atoms with van der Waals surface area (Å²) in [5, 5.41) is 2.96. The topological polar surface area (TPSA) is 75.7 Å².